The molecule has 0 heterocycles. The predicted molar refractivity (Wildman–Crippen MR) is 84.3 cm³/mol. The lowest BCUT2D eigenvalue weighted by Gasteiger charge is -2.06. The molecule has 0 saturated heterocycles. The van der Waals surface area contributed by atoms with Crippen molar-refractivity contribution in [2.45, 2.75) is 82.8 Å². The number of rotatable bonds is 12. The second kappa shape index (κ2) is 13.6. The molecule has 0 saturated carbocycles. The van der Waals surface area contributed by atoms with Gasteiger partial charge in [-0.05, 0) is 6.42 Å². The van der Waals surface area contributed by atoms with Gasteiger partial charge in [0.2, 0.25) is 0 Å². The minimum Gasteiger partial charge on any atom is -0.394 e. The third kappa shape index (κ3) is 11.3. The number of hydrogen-bond acceptors (Lipinski definition) is 4. The Hall–Kier alpha value is 0.170. The summed E-state index contributed by atoms with van der Waals surface area (Å²) < 4.78 is 4.33. The van der Waals surface area contributed by atoms with Gasteiger partial charge in [0.1, 0.15) is 5.25 Å². The molecule has 18 heavy (non-hydrogen) atoms. The highest BCUT2D eigenvalue weighted by Crippen LogP contribution is 2.14. The topological polar surface area (TPSA) is 26.3 Å². The highest BCUT2D eigenvalue weighted by Gasteiger charge is 2.13. The Morgan fingerprint density at radius 2 is 1.39 bits per heavy atom. The number of carbonyl (C=O) groups is 1. The smallest absolute Gasteiger partial charge is 0.330 e. The van der Waals surface area contributed by atoms with Crippen LogP contribution in [0.3, 0.4) is 0 Å². The molecule has 0 aromatic carbocycles. The van der Waals surface area contributed by atoms with Crippen molar-refractivity contribution in [1.29, 1.82) is 0 Å². The summed E-state index contributed by atoms with van der Waals surface area (Å²) in [6.07, 6.45) is 13.8. The van der Waals surface area contributed by atoms with Crippen LogP contribution in [-0.4, -0.2) is 11.2 Å². The molecule has 0 bridgehead atoms. The number of unbranched alkanes of at least 4 members (excludes halogenated alkanes) is 9. The second-order valence-electron chi connectivity index (χ2n) is 4.90. The summed E-state index contributed by atoms with van der Waals surface area (Å²) in [4.78, 5) is 11.0. The van der Waals surface area contributed by atoms with Gasteiger partial charge in [0.05, 0.1) is 0 Å². The van der Waals surface area contributed by atoms with E-state index >= 15 is 0 Å². The van der Waals surface area contributed by atoms with Crippen molar-refractivity contribution < 1.29 is 8.98 Å². The molecule has 0 rings (SSSR count). The van der Waals surface area contributed by atoms with Gasteiger partial charge in [0.25, 0.3) is 0 Å². The lowest BCUT2D eigenvalue weighted by atomic mass is 10.1. The quantitative estimate of drug-likeness (QED) is 0.301. The van der Waals surface area contributed by atoms with E-state index < -0.39 is 0 Å². The van der Waals surface area contributed by atoms with Crippen LogP contribution in [0.1, 0.15) is 77.6 Å². The van der Waals surface area contributed by atoms with Gasteiger partial charge in [-0.25, -0.2) is 4.79 Å². The standard InChI is InChI=1S/C14H28O2S2/c1-2-3-4-5-6-7-8-9-10-11-12-13(17)14(15)16-18/h13,17-18H,2-12H2,1H3. The molecule has 0 radical (unpaired) electrons. The van der Waals surface area contributed by atoms with E-state index in [1.165, 1.54) is 57.8 Å². The lowest BCUT2D eigenvalue weighted by Crippen LogP contribution is -2.14. The van der Waals surface area contributed by atoms with Crippen molar-refractivity contribution in [3.8, 4) is 0 Å². The van der Waals surface area contributed by atoms with Gasteiger partial charge in [-0.15, -0.1) is 0 Å². The Kier molecular flexibility index (Phi) is 13.7. The summed E-state index contributed by atoms with van der Waals surface area (Å²) in [7, 11) is 0. The van der Waals surface area contributed by atoms with E-state index in [1.54, 1.807) is 0 Å². The fraction of sp³-hybridized carbons (Fsp3) is 0.929. The second-order valence-corrected chi connectivity index (χ2v) is 5.70. The molecule has 1 unspecified atom stereocenters. The highest BCUT2D eigenvalue weighted by atomic mass is 32.1. The Bertz CT molecular complexity index is 198. The van der Waals surface area contributed by atoms with Crippen molar-refractivity contribution in [3.05, 3.63) is 0 Å². The van der Waals surface area contributed by atoms with Crippen molar-refractivity contribution in [3.63, 3.8) is 0 Å². The molecule has 0 aromatic rings. The third-order valence-corrected chi connectivity index (χ3v) is 3.84. The zero-order valence-electron chi connectivity index (χ0n) is 11.6. The SMILES string of the molecule is CCCCCCCCCCCCC(S)C(=O)OS. The summed E-state index contributed by atoms with van der Waals surface area (Å²) in [5, 5.41) is -0.309. The number of hydrogen-bond donors (Lipinski definition) is 2. The van der Waals surface area contributed by atoms with Gasteiger partial charge in [0, 0.05) is 12.9 Å². The van der Waals surface area contributed by atoms with Crippen LogP contribution < -0.4 is 0 Å². The van der Waals surface area contributed by atoms with Gasteiger partial charge in [0.15, 0.2) is 0 Å². The molecular weight excluding hydrogens is 264 g/mol. The Morgan fingerprint density at radius 3 is 1.83 bits per heavy atom. The fourth-order valence-corrected chi connectivity index (χ4v) is 2.45. The van der Waals surface area contributed by atoms with Crippen molar-refractivity contribution in [2.24, 2.45) is 0 Å². The van der Waals surface area contributed by atoms with Crippen molar-refractivity contribution in [2.75, 3.05) is 0 Å². The first kappa shape index (κ1) is 18.2. The Labute approximate surface area is 123 Å². The van der Waals surface area contributed by atoms with Gasteiger partial charge in [-0.2, -0.15) is 12.6 Å². The highest BCUT2D eigenvalue weighted by molar-refractivity contribution is 7.82. The summed E-state index contributed by atoms with van der Waals surface area (Å²) in [5.41, 5.74) is 0. The van der Waals surface area contributed by atoms with Crippen molar-refractivity contribution in [1.82, 2.24) is 0 Å². The maximum absolute atomic E-state index is 11.0. The van der Waals surface area contributed by atoms with Gasteiger partial charge >= 0.3 is 5.97 Å². The van der Waals surface area contributed by atoms with E-state index in [1.807, 2.05) is 0 Å². The Balaban J connectivity index is 3.14. The van der Waals surface area contributed by atoms with E-state index in [0.717, 1.165) is 12.8 Å². The molecule has 0 fully saturated rings. The van der Waals surface area contributed by atoms with Crippen LogP contribution in [-0.2, 0) is 8.98 Å². The molecule has 0 aromatic heterocycles. The largest absolute Gasteiger partial charge is 0.394 e. The average molecular weight is 293 g/mol. The molecule has 1 atom stereocenters. The minimum absolute atomic E-state index is 0.309. The molecule has 4 heteroatoms. The van der Waals surface area contributed by atoms with Crippen LogP contribution in [0.25, 0.3) is 0 Å². The number of thiol groups is 2. The predicted octanol–water partition coefficient (Wildman–Crippen LogP) is 4.98. The van der Waals surface area contributed by atoms with Gasteiger partial charge < -0.3 is 4.18 Å². The maximum atomic E-state index is 11.0. The first-order valence-electron chi connectivity index (χ1n) is 7.25. The monoisotopic (exact) mass is 292 g/mol. The van der Waals surface area contributed by atoms with Crippen molar-refractivity contribution >= 4 is 31.5 Å². The molecule has 108 valence electrons. The summed E-state index contributed by atoms with van der Waals surface area (Å²) in [6, 6.07) is 0. The van der Waals surface area contributed by atoms with Gasteiger partial charge in [-0.1, -0.05) is 71.1 Å². The summed E-state index contributed by atoms with van der Waals surface area (Å²) in [5.74, 6) is -0.336. The van der Waals surface area contributed by atoms with E-state index in [0.29, 0.717) is 0 Å². The summed E-state index contributed by atoms with van der Waals surface area (Å²) >= 11 is 7.66. The molecule has 2 nitrogen and oxygen atoms in total. The molecule has 0 amide bonds. The van der Waals surface area contributed by atoms with Gasteiger partial charge in [-0.3, -0.25) is 0 Å². The zero-order valence-corrected chi connectivity index (χ0v) is 13.4. The Morgan fingerprint density at radius 1 is 0.944 bits per heavy atom. The molecular formula is C14H28O2S2. The van der Waals surface area contributed by atoms with Crippen LogP contribution >= 0.6 is 25.5 Å². The zero-order chi connectivity index (χ0) is 13.6. The minimum atomic E-state index is -0.336. The molecule has 0 aliphatic heterocycles. The van der Waals surface area contributed by atoms with Crippen LogP contribution in [0.15, 0.2) is 0 Å². The van der Waals surface area contributed by atoms with E-state index in [-0.39, 0.29) is 11.2 Å². The third-order valence-electron chi connectivity index (χ3n) is 3.19. The van der Waals surface area contributed by atoms with E-state index in [2.05, 4.69) is 36.6 Å². The maximum Gasteiger partial charge on any atom is 0.330 e. The van der Waals surface area contributed by atoms with Crippen LogP contribution in [0.4, 0.5) is 0 Å². The lowest BCUT2D eigenvalue weighted by molar-refractivity contribution is -0.132. The van der Waals surface area contributed by atoms with Crippen LogP contribution in [0.2, 0.25) is 0 Å². The van der Waals surface area contributed by atoms with Crippen LogP contribution in [0.5, 0.6) is 0 Å². The molecule has 0 aliphatic carbocycles. The molecule has 0 N–H and O–H groups in total. The molecule has 0 aliphatic rings. The average Bonchev–Trinajstić information content (AvgIpc) is 2.39. The first-order chi connectivity index (χ1) is 8.72. The first-order valence-corrected chi connectivity index (χ1v) is 8.13. The molecule has 0 spiro atoms. The normalized spacial score (nSPS) is 12.4. The van der Waals surface area contributed by atoms with Crippen LogP contribution in [0, 0.1) is 0 Å². The van der Waals surface area contributed by atoms with E-state index in [4.69, 9.17) is 0 Å². The van der Waals surface area contributed by atoms with E-state index in [9.17, 15) is 4.79 Å². The number of carbonyl (C=O) groups excluding carboxylic acids is 1. The summed E-state index contributed by atoms with van der Waals surface area (Å²) in [6.45, 7) is 2.25. The fourth-order valence-electron chi connectivity index (χ4n) is 2.00.